The highest BCUT2D eigenvalue weighted by molar-refractivity contribution is 7.89. The van der Waals surface area contributed by atoms with Crippen LogP contribution in [-0.2, 0) is 17.1 Å². The Labute approximate surface area is 124 Å². The van der Waals surface area contributed by atoms with Gasteiger partial charge in [-0.15, -0.1) is 0 Å². The molecule has 8 heteroatoms. The van der Waals surface area contributed by atoms with Crippen LogP contribution in [0.15, 0.2) is 17.3 Å². The van der Waals surface area contributed by atoms with E-state index in [4.69, 9.17) is 18.0 Å². The molecule has 1 saturated carbocycles. The molecule has 20 heavy (non-hydrogen) atoms. The zero-order chi connectivity index (χ0) is 14.8. The predicted octanol–water partition coefficient (Wildman–Crippen LogP) is 1.08. The van der Waals surface area contributed by atoms with Gasteiger partial charge in [0.25, 0.3) is 0 Å². The Balaban J connectivity index is 2.30. The maximum absolute atomic E-state index is 12.5. The lowest BCUT2D eigenvalue weighted by molar-refractivity contribution is 0.441. The van der Waals surface area contributed by atoms with Gasteiger partial charge in [0.1, 0.15) is 4.90 Å². The van der Waals surface area contributed by atoms with Crippen LogP contribution in [0.2, 0.25) is 0 Å². The smallest absolute Gasteiger partial charge is 0.244 e. The van der Waals surface area contributed by atoms with Crippen LogP contribution in [0, 0.1) is 0 Å². The van der Waals surface area contributed by atoms with Crippen LogP contribution < -0.4 is 10.5 Å². The van der Waals surface area contributed by atoms with E-state index in [2.05, 4.69) is 9.82 Å². The van der Waals surface area contributed by atoms with Crippen molar-refractivity contribution in [1.29, 1.82) is 0 Å². The number of aromatic nitrogens is 2. The lowest BCUT2D eigenvalue weighted by Gasteiger charge is -2.32. The summed E-state index contributed by atoms with van der Waals surface area (Å²) in [4.78, 5) is 0.367. The van der Waals surface area contributed by atoms with E-state index < -0.39 is 15.6 Å². The number of nitrogens with zero attached hydrogens (tertiary/aromatic N) is 2. The molecular formula is C12H20N4O2S2. The summed E-state index contributed by atoms with van der Waals surface area (Å²) in [7, 11) is -1.98. The minimum atomic E-state index is -3.66. The summed E-state index contributed by atoms with van der Waals surface area (Å²) in [5.41, 5.74) is 5.04. The summed E-state index contributed by atoms with van der Waals surface area (Å²) < 4.78 is 29.1. The normalized spacial score (nSPS) is 19.4. The molecular weight excluding hydrogens is 296 g/mol. The third kappa shape index (κ3) is 3.18. The average Bonchev–Trinajstić information content (AvgIpc) is 2.67. The van der Waals surface area contributed by atoms with Crippen LogP contribution in [0.1, 0.15) is 38.5 Å². The zero-order valence-electron chi connectivity index (χ0n) is 11.5. The maximum atomic E-state index is 12.5. The highest BCUT2D eigenvalue weighted by Crippen LogP contribution is 2.29. The van der Waals surface area contributed by atoms with Gasteiger partial charge in [-0.3, -0.25) is 4.68 Å². The summed E-state index contributed by atoms with van der Waals surface area (Å²) >= 11 is 5.14. The number of rotatable bonds is 4. The molecule has 0 atom stereocenters. The molecule has 1 aliphatic rings. The van der Waals surface area contributed by atoms with Crippen LogP contribution in [0.4, 0.5) is 0 Å². The number of hydrogen-bond donors (Lipinski definition) is 2. The largest absolute Gasteiger partial charge is 0.392 e. The van der Waals surface area contributed by atoms with Crippen molar-refractivity contribution in [2.24, 2.45) is 12.8 Å². The van der Waals surface area contributed by atoms with Crippen molar-refractivity contribution in [2.45, 2.75) is 49.0 Å². The lowest BCUT2D eigenvalue weighted by atomic mass is 9.91. The molecule has 0 bridgehead atoms. The maximum Gasteiger partial charge on any atom is 0.244 e. The monoisotopic (exact) mass is 316 g/mol. The molecule has 1 aromatic heterocycles. The van der Waals surface area contributed by atoms with E-state index in [1.54, 1.807) is 7.05 Å². The Hall–Kier alpha value is -0.990. The number of thiocarbonyl (C=S) groups is 1. The van der Waals surface area contributed by atoms with Crippen LogP contribution >= 0.6 is 12.2 Å². The first-order chi connectivity index (χ1) is 9.36. The molecule has 3 N–H and O–H groups in total. The van der Waals surface area contributed by atoms with Gasteiger partial charge in [-0.1, -0.05) is 37.9 Å². The first-order valence-electron chi connectivity index (χ1n) is 6.68. The van der Waals surface area contributed by atoms with Gasteiger partial charge in [0, 0.05) is 13.2 Å². The van der Waals surface area contributed by atoms with Gasteiger partial charge in [-0.2, -0.15) is 9.82 Å². The Morgan fingerprint density at radius 3 is 2.45 bits per heavy atom. The Morgan fingerprint density at radius 1 is 1.40 bits per heavy atom. The average molecular weight is 316 g/mol. The molecule has 0 saturated heterocycles. The van der Waals surface area contributed by atoms with Crippen LogP contribution in [0.5, 0.6) is 0 Å². The molecule has 1 aliphatic carbocycles. The Kier molecular flexibility index (Phi) is 4.46. The molecule has 1 fully saturated rings. The van der Waals surface area contributed by atoms with Gasteiger partial charge < -0.3 is 5.73 Å². The molecule has 2 rings (SSSR count). The quantitative estimate of drug-likeness (QED) is 0.641. The fourth-order valence-corrected chi connectivity index (χ4v) is 4.33. The van der Waals surface area contributed by atoms with E-state index in [1.807, 2.05) is 0 Å². The van der Waals surface area contributed by atoms with Crippen molar-refractivity contribution in [2.75, 3.05) is 0 Å². The van der Waals surface area contributed by atoms with E-state index in [-0.39, 0.29) is 9.88 Å². The first kappa shape index (κ1) is 15.4. The predicted molar refractivity (Wildman–Crippen MR) is 80.7 cm³/mol. The third-order valence-electron chi connectivity index (χ3n) is 3.75. The zero-order valence-corrected chi connectivity index (χ0v) is 13.1. The second-order valence-corrected chi connectivity index (χ2v) is 7.44. The Bertz CT molecular complexity index is 586. The first-order valence-corrected chi connectivity index (χ1v) is 8.57. The van der Waals surface area contributed by atoms with E-state index >= 15 is 0 Å². The van der Waals surface area contributed by atoms with Crippen molar-refractivity contribution >= 4 is 27.2 Å². The van der Waals surface area contributed by atoms with E-state index in [0.717, 1.165) is 25.7 Å². The second-order valence-electron chi connectivity index (χ2n) is 5.32. The molecule has 6 nitrogen and oxygen atoms in total. The van der Waals surface area contributed by atoms with Gasteiger partial charge in [0.15, 0.2) is 0 Å². The molecule has 1 heterocycles. The van der Waals surface area contributed by atoms with Gasteiger partial charge in [0.2, 0.25) is 10.0 Å². The second kappa shape index (κ2) is 5.79. The summed E-state index contributed by atoms with van der Waals surface area (Å²) in [6, 6.07) is 0. The molecule has 0 aliphatic heterocycles. The SMILES string of the molecule is Cn1cc(S(=O)(=O)NC2(C(N)=S)CCCCCC2)cn1. The number of nitrogens with one attached hydrogen (secondary N) is 1. The fourth-order valence-electron chi connectivity index (χ4n) is 2.58. The van der Waals surface area contributed by atoms with Gasteiger partial charge in [0.05, 0.1) is 16.7 Å². The van der Waals surface area contributed by atoms with Crippen molar-refractivity contribution in [1.82, 2.24) is 14.5 Å². The van der Waals surface area contributed by atoms with Crippen molar-refractivity contribution in [3.05, 3.63) is 12.4 Å². The van der Waals surface area contributed by atoms with Gasteiger partial charge >= 0.3 is 0 Å². The number of nitrogens with two attached hydrogens (primary N) is 1. The van der Waals surface area contributed by atoms with Crippen molar-refractivity contribution in [3.63, 3.8) is 0 Å². The van der Waals surface area contributed by atoms with Crippen LogP contribution in [0.3, 0.4) is 0 Å². The summed E-state index contributed by atoms with van der Waals surface area (Å²) in [5, 5.41) is 3.90. The topological polar surface area (TPSA) is 90.0 Å². The molecule has 0 unspecified atom stereocenters. The molecule has 0 spiro atoms. The number of sulfonamides is 1. The van der Waals surface area contributed by atoms with Crippen LogP contribution in [-0.4, -0.2) is 28.7 Å². The van der Waals surface area contributed by atoms with Crippen molar-refractivity contribution < 1.29 is 8.42 Å². The summed E-state index contributed by atoms with van der Waals surface area (Å²) in [5.74, 6) is 0. The number of hydrogen-bond acceptors (Lipinski definition) is 4. The summed E-state index contributed by atoms with van der Waals surface area (Å²) in [6.45, 7) is 0. The standard InChI is InChI=1S/C12H20N4O2S2/c1-16-9-10(8-14-16)20(17,18)15-12(11(13)19)6-4-2-3-5-7-12/h8-9,15H,2-7H2,1H3,(H2,13,19). The lowest BCUT2D eigenvalue weighted by Crippen LogP contribution is -2.56. The summed E-state index contributed by atoms with van der Waals surface area (Å²) in [6.07, 6.45) is 8.11. The minimum Gasteiger partial charge on any atom is -0.392 e. The third-order valence-corrected chi connectivity index (χ3v) is 5.63. The van der Waals surface area contributed by atoms with Gasteiger partial charge in [-0.05, 0) is 12.8 Å². The van der Waals surface area contributed by atoms with E-state index in [1.165, 1.54) is 17.1 Å². The van der Waals surface area contributed by atoms with Gasteiger partial charge in [-0.25, -0.2) is 8.42 Å². The molecule has 0 aromatic carbocycles. The number of aryl methyl sites for hydroxylation is 1. The Morgan fingerprint density at radius 2 is 2.00 bits per heavy atom. The van der Waals surface area contributed by atoms with E-state index in [9.17, 15) is 8.42 Å². The minimum absolute atomic E-state index is 0.139. The van der Waals surface area contributed by atoms with E-state index in [0.29, 0.717) is 12.8 Å². The highest BCUT2D eigenvalue weighted by Gasteiger charge is 2.38. The molecule has 1 aromatic rings. The van der Waals surface area contributed by atoms with Crippen LogP contribution in [0.25, 0.3) is 0 Å². The molecule has 112 valence electrons. The van der Waals surface area contributed by atoms with Crippen molar-refractivity contribution in [3.8, 4) is 0 Å². The molecule has 0 radical (unpaired) electrons. The fraction of sp³-hybridized carbons (Fsp3) is 0.667. The molecule has 0 amide bonds. The highest BCUT2D eigenvalue weighted by atomic mass is 32.2.